The zero-order valence-electron chi connectivity index (χ0n) is 22.9. The Morgan fingerprint density at radius 3 is 2.42 bits per heavy atom. The molecule has 1 aliphatic heterocycles. The maximum absolute atomic E-state index is 14.0. The number of likely N-dealkylation sites (tertiary alicyclic amines) is 1. The van der Waals surface area contributed by atoms with Crippen molar-refractivity contribution in [3.05, 3.63) is 95.1 Å². The van der Waals surface area contributed by atoms with Gasteiger partial charge >= 0.3 is 7.60 Å². The summed E-state index contributed by atoms with van der Waals surface area (Å²) >= 11 is 0. The van der Waals surface area contributed by atoms with Crippen LogP contribution in [0.5, 0.6) is 0 Å². The third kappa shape index (κ3) is 8.07. The maximum atomic E-state index is 14.0. The molecule has 3 N–H and O–H groups in total. The van der Waals surface area contributed by atoms with Crippen LogP contribution in [0.15, 0.2) is 67.0 Å². The van der Waals surface area contributed by atoms with Crippen LogP contribution < -0.4 is 5.32 Å². The van der Waals surface area contributed by atoms with Gasteiger partial charge in [0.2, 0.25) is 11.8 Å². The van der Waals surface area contributed by atoms with E-state index < -0.39 is 13.6 Å². The van der Waals surface area contributed by atoms with Crippen molar-refractivity contribution in [1.29, 1.82) is 0 Å². The molecule has 0 aliphatic carbocycles. The molecule has 1 aliphatic rings. The molecule has 212 valence electrons. The number of benzene rings is 2. The van der Waals surface area contributed by atoms with Crippen molar-refractivity contribution >= 4 is 19.4 Å². The molecule has 0 bridgehead atoms. The first kappa shape index (κ1) is 29.6. The smallest absolute Gasteiger partial charge is 0.329 e. The first-order valence-corrected chi connectivity index (χ1v) is 15.5. The van der Waals surface area contributed by atoms with Crippen molar-refractivity contribution in [2.45, 2.75) is 64.2 Å². The van der Waals surface area contributed by atoms with Crippen LogP contribution in [0.25, 0.3) is 0 Å². The molecule has 2 heterocycles. The van der Waals surface area contributed by atoms with Crippen molar-refractivity contribution in [2.24, 2.45) is 5.92 Å². The maximum Gasteiger partial charge on any atom is 0.329 e. The summed E-state index contributed by atoms with van der Waals surface area (Å²) in [7, 11) is -4.18. The molecule has 0 unspecified atom stereocenters. The van der Waals surface area contributed by atoms with Crippen molar-refractivity contribution < 1.29 is 23.9 Å². The minimum Gasteiger partial charge on any atom is -0.344 e. The molecule has 3 atom stereocenters. The van der Waals surface area contributed by atoms with E-state index >= 15 is 0 Å². The molecule has 40 heavy (non-hydrogen) atoms. The first-order chi connectivity index (χ1) is 19.1. The molecule has 9 nitrogen and oxygen atoms in total. The Kier molecular flexibility index (Phi) is 9.85. The van der Waals surface area contributed by atoms with E-state index in [0.29, 0.717) is 24.9 Å². The largest absolute Gasteiger partial charge is 0.344 e. The van der Waals surface area contributed by atoms with Crippen LogP contribution in [-0.4, -0.2) is 49.1 Å². The molecule has 1 saturated heterocycles. The number of carbonyl (C=O) groups excluding carboxylic acids is 2. The van der Waals surface area contributed by atoms with E-state index in [1.54, 1.807) is 41.6 Å². The standard InChI is InChI=1S/C30H37N4O5P/c1-3-21(2)29(35)33-26(17-23-11-13-24(14-12-23)20-40(37,38)39)30(36)34-15-7-10-28(34)27-19-31-18-25(32-27)16-22-8-5-4-6-9-22/h4-6,8-9,11-14,18-19,21,26,28H,3,7,10,15-17,20H2,1-2H3,(H,33,35)(H2,37,38,39)/t21-,26+,28-/m1/s1. The van der Waals surface area contributed by atoms with Crippen LogP contribution in [0.1, 0.15) is 67.2 Å². The topological polar surface area (TPSA) is 133 Å². The summed E-state index contributed by atoms with van der Waals surface area (Å²) in [6, 6.07) is 15.8. The van der Waals surface area contributed by atoms with Crippen molar-refractivity contribution in [3.63, 3.8) is 0 Å². The number of nitrogens with one attached hydrogen (secondary N) is 1. The van der Waals surface area contributed by atoms with E-state index in [4.69, 9.17) is 4.98 Å². The Morgan fingerprint density at radius 1 is 1.05 bits per heavy atom. The Balaban J connectivity index is 1.54. The second kappa shape index (κ2) is 13.3. The average Bonchev–Trinajstić information content (AvgIpc) is 3.43. The van der Waals surface area contributed by atoms with E-state index in [9.17, 15) is 23.9 Å². The number of nitrogens with zero attached hydrogens (tertiary/aromatic N) is 3. The van der Waals surface area contributed by atoms with Gasteiger partial charge in [-0.1, -0.05) is 68.4 Å². The van der Waals surface area contributed by atoms with Gasteiger partial charge in [-0.3, -0.25) is 24.1 Å². The van der Waals surface area contributed by atoms with Crippen LogP contribution in [0.2, 0.25) is 0 Å². The number of rotatable bonds is 11. The lowest BCUT2D eigenvalue weighted by molar-refractivity contribution is -0.138. The summed E-state index contributed by atoms with van der Waals surface area (Å²) in [6.45, 7) is 4.32. The highest BCUT2D eigenvalue weighted by Gasteiger charge is 2.36. The first-order valence-electron chi connectivity index (χ1n) is 13.7. The number of hydrogen-bond acceptors (Lipinski definition) is 5. The van der Waals surface area contributed by atoms with E-state index in [0.717, 1.165) is 35.4 Å². The van der Waals surface area contributed by atoms with Crippen LogP contribution in [0.4, 0.5) is 0 Å². The predicted molar refractivity (Wildman–Crippen MR) is 152 cm³/mol. The third-order valence-electron chi connectivity index (χ3n) is 7.33. The summed E-state index contributed by atoms with van der Waals surface area (Å²) in [6.07, 6.45) is 6.27. The molecule has 1 aromatic heterocycles. The Hall–Kier alpha value is -3.39. The summed E-state index contributed by atoms with van der Waals surface area (Å²) in [5.74, 6) is -0.594. The molecular formula is C30H37N4O5P. The van der Waals surface area contributed by atoms with Crippen molar-refractivity contribution in [2.75, 3.05) is 6.54 Å². The molecular weight excluding hydrogens is 527 g/mol. The normalized spacial score (nSPS) is 16.9. The number of amides is 2. The molecule has 1 fully saturated rings. The minimum absolute atomic E-state index is 0.172. The van der Waals surface area contributed by atoms with Gasteiger partial charge in [0.15, 0.2) is 0 Å². The van der Waals surface area contributed by atoms with Crippen LogP contribution in [0.3, 0.4) is 0 Å². The van der Waals surface area contributed by atoms with Gasteiger partial charge in [-0.25, -0.2) is 0 Å². The van der Waals surface area contributed by atoms with Gasteiger partial charge in [-0.2, -0.15) is 0 Å². The molecule has 3 aromatic rings. The lowest BCUT2D eigenvalue weighted by Gasteiger charge is -2.30. The highest BCUT2D eigenvalue weighted by Crippen LogP contribution is 2.39. The van der Waals surface area contributed by atoms with Crippen LogP contribution >= 0.6 is 7.60 Å². The molecule has 0 spiro atoms. The molecule has 2 aromatic carbocycles. The van der Waals surface area contributed by atoms with Gasteiger partial charge in [0.1, 0.15) is 6.04 Å². The number of carbonyl (C=O) groups is 2. The molecule has 2 amide bonds. The average molecular weight is 565 g/mol. The fourth-order valence-corrected chi connectivity index (χ4v) is 5.65. The SMILES string of the molecule is CC[C@@H](C)C(=O)N[C@@H](Cc1ccc(CP(=O)(O)O)cc1)C(=O)N1CCC[C@@H]1c1cncc(Cc2ccccc2)n1. The summed E-state index contributed by atoms with van der Waals surface area (Å²) in [5.41, 5.74) is 4.01. The third-order valence-corrected chi connectivity index (χ3v) is 8.11. The molecule has 4 rings (SSSR count). The minimum atomic E-state index is -4.18. The fraction of sp³-hybridized carbons (Fsp3) is 0.400. The Bertz CT molecular complexity index is 1350. The van der Waals surface area contributed by atoms with Crippen molar-refractivity contribution in [3.8, 4) is 0 Å². The predicted octanol–water partition coefficient (Wildman–Crippen LogP) is 4.18. The molecule has 0 radical (unpaired) electrons. The highest BCUT2D eigenvalue weighted by molar-refractivity contribution is 7.50. The number of aromatic nitrogens is 2. The van der Waals surface area contributed by atoms with Crippen LogP contribution in [-0.2, 0) is 33.2 Å². The monoisotopic (exact) mass is 564 g/mol. The lowest BCUT2D eigenvalue weighted by atomic mass is 10.0. The molecule has 10 heteroatoms. The zero-order chi connectivity index (χ0) is 28.7. The van der Waals surface area contributed by atoms with Crippen molar-refractivity contribution in [1.82, 2.24) is 20.2 Å². The lowest BCUT2D eigenvalue weighted by Crippen LogP contribution is -2.50. The van der Waals surface area contributed by atoms with Gasteiger partial charge in [-0.05, 0) is 36.0 Å². The highest BCUT2D eigenvalue weighted by atomic mass is 31.2. The quantitative estimate of drug-likeness (QED) is 0.298. The van der Waals surface area contributed by atoms with Gasteiger partial charge in [0.25, 0.3) is 0 Å². The van der Waals surface area contributed by atoms with E-state index in [2.05, 4.69) is 10.3 Å². The zero-order valence-corrected chi connectivity index (χ0v) is 23.8. The fourth-order valence-electron chi connectivity index (χ4n) is 4.97. The van der Waals surface area contributed by atoms with E-state index in [-0.39, 0.29) is 36.4 Å². The summed E-state index contributed by atoms with van der Waals surface area (Å²) in [4.78, 5) is 56.5. The summed E-state index contributed by atoms with van der Waals surface area (Å²) < 4.78 is 11.4. The second-order valence-corrected chi connectivity index (χ2v) is 12.1. The van der Waals surface area contributed by atoms with E-state index in [1.165, 1.54) is 0 Å². The second-order valence-electron chi connectivity index (χ2n) is 10.5. The Morgan fingerprint density at radius 2 is 1.75 bits per heavy atom. The van der Waals surface area contributed by atoms with Gasteiger partial charge in [-0.15, -0.1) is 0 Å². The molecule has 0 saturated carbocycles. The summed E-state index contributed by atoms with van der Waals surface area (Å²) in [5, 5.41) is 2.97. The van der Waals surface area contributed by atoms with Gasteiger partial charge < -0.3 is 20.0 Å². The van der Waals surface area contributed by atoms with Gasteiger partial charge in [0, 0.05) is 31.5 Å². The number of hydrogen-bond donors (Lipinski definition) is 3. The van der Waals surface area contributed by atoms with Gasteiger partial charge in [0.05, 0.1) is 29.8 Å². The Labute approximate surface area is 235 Å². The van der Waals surface area contributed by atoms with Crippen LogP contribution in [0, 0.1) is 5.92 Å². The van der Waals surface area contributed by atoms with E-state index in [1.807, 2.05) is 44.2 Å².